The summed E-state index contributed by atoms with van der Waals surface area (Å²) in [5.74, 6) is -1.19. The second-order valence-corrected chi connectivity index (χ2v) is 5.10. The van der Waals surface area contributed by atoms with Gasteiger partial charge in [-0.25, -0.2) is 0 Å². The van der Waals surface area contributed by atoms with Gasteiger partial charge in [0.2, 0.25) is 5.91 Å². The molecule has 5 heteroatoms. The molecule has 0 bridgehead atoms. The van der Waals surface area contributed by atoms with E-state index in [2.05, 4.69) is 4.90 Å². The average molecular weight is 296 g/mol. The number of rotatable bonds is 3. The van der Waals surface area contributed by atoms with Crippen LogP contribution in [0.2, 0.25) is 0 Å². The van der Waals surface area contributed by atoms with E-state index in [-0.39, 0.29) is 18.9 Å². The molecule has 0 unspecified atom stereocenters. The number of hydrogen-bond donors (Lipinski definition) is 1. The Kier molecular flexibility index (Phi) is 3.78. The fraction of sp³-hybridized carbons (Fsp3) is 0.176. The fourth-order valence-corrected chi connectivity index (χ4v) is 2.70. The van der Waals surface area contributed by atoms with Crippen LogP contribution in [0.5, 0.6) is 0 Å². The van der Waals surface area contributed by atoms with E-state index in [1.54, 1.807) is 6.07 Å². The normalized spacial score (nSPS) is 14.5. The lowest BCUT2D eigenvalue weighted by atomic mass is 10.2. The summed E-state index contributed by atoms with van der Waals surface area (Å²) in [6, 6.07) is 17.2. The van der Waals surface area contributed by atoms with Gasteiger partial charge in [-0.3, -0.25) is 14.5 Å². The smallest absolute Gasteiger partial charge is 0.323 e. The van der Waals surface area contributed by atoms with Gasteiger partial charge in [-0.1, -0.05) is 30.3 Å². The average Bonchev–Trinajstić information content (AvgIpc) is 2.66. The third-order valence-corrected chi connectivity index (χ3v) is 3.67. The number of hydrogen-bond acceptors (Lipinski definition) is 3. The van der Waals surface area contributed by atoms with Crippen LogP contribution in [0.25, 0.3) is 0 Å². The van der Waals surface area contributed by atoms with Gasteiger partial charge in [0.25, 0.3) is 0 Å². The fourth-order valence-electron chi connectivity index (χ4n) is 2.70. The Morgan fingerprint density at radius 2 is 1.64 bits per heavy atom. The first kappa shape index (κ1) is 14.1. The molecule has 0 radical (unpaired) electrons. The predicted octanol–water partition coefficient (Wildman–Crippen LogP) is 2.65. The minimum atomic E-state index is -1.02. The Balaban J connectivity index is 2.09. The number of carbonyl (C=O) groups is 2. The first-order valence-corrected chi connectivity index (χ1v) is 7.10. The van der Waals surface area contributed by atoms with Crippen LogP contribution in [0.3, 0.4) is 0 Å². The summed E-state index contributed by atoms with van der Waals surface area (Å²) in [5.41, 5.74) is 2.47. The molecule has 2 aromatic rings. The van der Waals surface area contributed by atoms with Gasteiger partial charge in [0, 0.05) is 18.7 Å². The van der Waals surface area contributed by atoms with Gasteiger partial charge in [0.15, 0.2) is 0 Å². The van der Waals surface area contributed by atoms with Crippen LogP contribution in [-0.4, -0.2) is 30.1 Å². The maximum absolute atomic E-state index is 12.3. The molecule has 2 aromatic carbocycles. The van der Waals surface area contributed by atoms with Crippen molar-refractivity contribution in [2.45, 2.75) is 6.42 Å². The number of amides is 1. The maximum atomic E-state index is 12.3. The largest absolute Gasteiger partial charge is 0.480 e. The first-order chi connectivity index (χ1) is 10.7. The number of benzene rings is 2. The van der Waals surface area contributed by atoms with Gasteiger partial charge < -0.3 is 10.0 Å². The minimum Gasteiger partial charge on any atom is -0.480 e. The topological polar surface area (TPSA) is 60.9 Å². The van der Waals surface area contributed by atoms with Gasteiger partial charge in [0.1, 0.15) is 6.54 Å². The molecule has 0 saturated heterocycles. The van der Waals surface area contributed by atoms with Crippen molar-refractivity contribution < 1.29 is 14.7 Å². The molecule has 1 aliphatic heterocycles. The van der Waals surface area contributed by atoms with Crippen molar-refractivity contribution in [2.24, 2.45) is 0 Å². The Labute approximate surface area is 128 Å². The molecule has 0 fully saturated rings. The number of fused-ring (bicyclic) bond motifs is 1. The summed E-state index contributed by atoms with van der Waals surface area (Å²) >= 11 is 0. The van der Waals surface area contributed by atoms with Crippen molar-refractivity contribution >= 4 is 28.9 Å². The summed E-state index contributed by atoms with van der Waals surface area (Å²) in [5, 5.41) is 9.08. The molecule has 1 N–H and O–H groups in total. The predicted molar refractivity (Wildman–Crippen MR) is 84.5 cm³/mol. The zero-order chi connectivity index (χ0) is 15.5. The summed E-state index contributed by atoms with van der Waals surface area (Å²) in [6.45, 7) is 0.203. The molecule has 3 rings (SSSR count). The monoisotopic (exact) mass is 296 g/mol. The lowest BCUT2D eigenvalue weighted by Gasteiger charge is -2.26. The van der Waals surface area contributed by atoms with Crippen LogP contribution in [0.4, 0.5) is 17.1 Å². The molecule has 22 heavy (non-hydrogen) atoms. The van der Waals surface area contributed by atoms with E-state index in [1.807, 2.05) is 48.5 Å². The summed E-state index contributed by atoms with van der Waals surface area (Å²) < 4.78 is 0. The van der Waals surface area contributed by atoms with Gasteiger partial charge in [0.05, 0.1) is 11.4 Å². The molecule has 1 heterocycles. The third kappa shape index (κ3) is 2.65. The summed E-state index contributed by atoms with van der Waals surface area (Å²) in [4.78, 5) is 26.8. The SMILES string of the molecule is O=C(O)CN1C(=O)CCN(c2ccccc2)c2ccccc21. The van der Waals surface area contributed by atoms with Crippen molar-refractivity contribution in [3.05, 3.63) is 54.6 Å². The highest BCUT2D eigenvalue weighted by Gasteiger charge is 2.27. The molecular formula is C17H16N2O3. The molecule has 0 saturated carbocycles. The Bertz CT molecular complexity index is 700. The van der Waals surface area contributed by atoms with Crippen molar-refractivity contribution in [2.75, 3.05) is 22.9 Å². The number of nitrogens with zero attached hydrogens (tertiary/aromatic N) is 2. The quantitative estimate of drug-likeness (QED) is 0.946. The Hall–Kier alpha value is -2.82. The lowest BCUT2D eigenvalue weighted by Crippen LogP contribution is -2.35. The molecule has 5 nitrogen and oxygen atoms in total. The zero-order valence-electron chi connectivity index (χ0n) is 12.0. The molecule has 1 aliphatic rings. The summed E-state index contributed by atoms with van der Waals surface area (Å²) in [6.07, 6.45) is 0.275. The second-order valence-electron chi connectivity index (χ2n) is 5.10. The number of carboxylic acids is 1. The van der Waals surface area contributed by atoms with Crippen molar-refractivity contribution in [3.63, 3.8) is 0 Å². The van der Waals surface area contributed by atoms with Crippen LogP contribution >= 0.6 is 0 Å². The van der Waals surface area contributed by atoms with E-state index in [9.17, 15) is 9.59 Å². The minimum absolute atomic E-state index is 0.173. The molecule has 112 valence electrons. The van der Waals surface area contributed by atoms with Crippen LogP contribution in [0.15, 0.2) is 54.6 Å². The van der Waals surface area contributed by atoms with E-state index in [0.717, 1.165) is 11.4 Å². The van der Waals surface area contributed by atoms with Gasteiger partial charge >= 0.3 is 5.97 Å². The second kappa shape index (κ2) is 5.89. The van der Waals surface area contributed by atoms with E-state index in [0.29, 0.717) is 12.2 Å². The van der Waals surface area contributed by atoms with Gasteiger partial charge in [-0.05, 0) is 24.3 Å². The number of anilines is 3. The molecule has 0 aromatic heterocycles. The molecule has 0 atom stereocenters. The van der Waals surface area contributed by atoms with Crippen LogP contribution in [0, 0.1) is 0 Å². The standard InChI is InChI=1S/C17H16N2O3/c20-16-10-11-18(13-6-2-1-3-7-13)14-8-4-5-9-15(14)19(16)12-17(21)22/h1-9H,10-12H2,(H,21,22). The van der Waals surface area contributed by atoms with Crippen molar-refractivity contribution in [3.8, 4) is 0 Å². The van der Waals surface area contributed by atoms with Crippen molar-refractivity contribution in [1.29, 1.82) is 0 Å². The number of para-hydroxylation sites is 3. The third-order valence-electron chi connectivity index (χ3n) is 3.67. The highest BCUT2D eigenvalue weighted by molar-refractivity contribution is 6.02. The van der Waals surface area contributed by atoms with Crippen molar-refractivity contribution in [1.82, 2.24) is 0 Å². The van der Waals surface area contributed by atoms with Crippen LogP contribution < -0.4 is 9.80 Å². The van der Waals surface area contributed by atoms with Gasteiger partial charge in [-0.15, -0.1) is 0 Å². The zero-order valence-corrected chi connectivity index (χ0v) is 12.0. The molecule has 0 spiro atoms. The maximum Gasteiger partial charge on any atom is 0.323 e. The number of carbonyl (C=O) groups excluding carboxylic acids is 1. The van der Waals surface area contributed by atoms with Crippen LogP contribution in [-0.2, 0) is 9.59 Å². The number of carboxylic acid groups (broad SMARTS) is 1. The van der Waals surface area contributed by atoms with Crippen LogP contribution in [0.1, 0.15) is 6.42 Å². The van der Waals surface area contributed by atoms with E-state index in [1.165, 1.54) is 4.90 Å². The Morgan fingerprint density at radius 1 is 1.00 bits per heavy atom. The van der Waals surface area contributed by atoms with Gasteiger partial charge in [-0.2, -0.15) is 0 Å². The first-order valence-electron chi connectivity index (χ1n) is 7.10. The highest BCUT2D eigenvalue weighted by atomic mass is 16.4. The Morgan fingerprint density at radius 3 is 2.32 bits per heavy atom. The molecule has 1 amide bonds. The molecular weight excluding hydrogens is 280 g/mol. The van der Waals surface area contributed by atoms with E-state index >= 15 is 0 Å². The van der Waals surface area contributed by atoms with E-state index in [4.69, 9.17) is 5.11 Å². The lowest BCUT2D eigenvalue weighted by molar-refractivity contribution is -0.136. The number of aliphatic carboxylic acids is 1. The van der Waals surface area contributed by atoms with E-state index < -0.39 is 5.97 Å². The summed E-state index contributed by atoms with van der Waals surface area (Å²) in [7, 11) is 0. The highest BCUT2D eigenvalue weighted by Crippen LogP contribution is 2.36. The molecule has 0 aliphatic carbocycles.